The zero-order valence-corrected chi connectivity index (χ0v) is 20.1. The predicted octanol–water partition coefficient (Wildman–Crippen LogP) is 3.99. The molecule has 1 N–H and O–H groups in total. The summed E-state index contributed by atoms with van der Waals surface area (Å²) in [7, 11) is 0. The summed E-state index contributed by atoms with van der Waals surface area (Å²) in [5.74, 6) is -1.21. The lowest BCUT2D eigenvalue weighted by Crippen LogP contribution is -2.51. The van der Waals surface area contributed by atoms with E-state index in [1.54, 1.807) is 13.8 Å². The highest BCUT2D eigenvalue weighted by molar-refractivity contribution is 6.36. The van der Waals surface area contributed by atoms with E-state index in [1.165, 1.54) is 6.07 Å². The molecule has 2 aromatic rings. The van der Waals surface area contributed by atoms with Gasteiger partial charge in [0.1, 0.15) is 23.7 Å². The summed E-state index contributed by atoms with van der Waals surface area (Å²) < 4.78 is 28.6. The molecule has 5 rings (SSSR count). The standard InChI is InChI=1S/C24H25ClN2O8/c1-12-9-14(28)10-17(29)24(12)22(30)19-16(31-7-8-33-18-5-3-4-6-32-18)11-15(20(25)21(19)34-24)23-26-13(2)27-35-23/h10-12,18,29H,3-9H2,1-2H3/t12-,18?,24+/m1/s1. The Morgan fingerprint density at radius 3 is 2.80 bits per heavy atom. The zero-order valence-electron chi connectivity index (χ0n) is 19.3. The first kappa shape index (κ1) is 23.8. The van der Waals surface area contributed by atoms with Gasteiger partial charge in [0.15, 0.2) is 23.6 Å². The molecule has 3 atom stereocenters. The van der Waals surface area contributed by atoms with Crippen molar-refractivity contribution in [2.24, 2.45) is 5.92 Å². The molecule has 1 fully saturated rings. The van der Waals surface area contributed by atoms with E-state index < -0.39 is 23.1 Å². The number of nitrogens with zero attached hydrogens (tertiary/aromatic N) is 2. The van der Waals surface area contributed by atoms with Crippen molar-refractivity contribution < 1.29 is 38.2 Å². The summed E-state index contributed by atoms with van der Waals surface area (Å²) in [6.07, 6.45) is 3.64. The number of hydrogen-bond donors (Lipinski definition) is 1. The van der Waals surface area contributed by atoms with Crippen LogP contribution >= 0.6 is 11.6 Å². The SMILES string of the molecule is Cc1noc(-c2cc(OCCOC3CCCCO3)c3c(c2Cl)O[C@]2(C3=O)C(O)=CC(=O)C[C@H]2C)n1. The van der Waals surface area contributed by atoms with Gasteiger partial charge in [-0.05, 0) is 32.3 Å². The Morgan fingerprint density at radius 2 is 2.11 bits per heavy atom. The maximum Gasteiger partial charge on any atom is 0.259 e. The topological polar surface area (TPSA) is 130 Å². The van der Waals surface area contributed by atoms with Crippen LogP contribution in [-0.2, 0) is 14.3 Å². The third-order valence-electron chi connectivity index (χ3n) is 6.43. The minimum Gasteiger partial charge on any atom is -0.507 e. The highest BCUT2D eigenvalue weighted by Crippen LogP contribution is 2.53. The fraction of sp³-hybridized carbons (Fsp3) is 0.500. The Kier molecular flexibility index (Phi) is 6.29. The van der Waals surface area contributed by atoms with Gasteiger partial charge in [-0.15, -0.1) is 0 Å². The first-order valence-corrected chi connectivity index (χ1v) is 11.9. The van der Waals surface area contributed by atoms with Crippen LogP contribution in [0.25, 0.3) is 11.5 Å². The summed E-state index contributed by atoms with van der Waals surface area (Å²) in [6.45, 7) is 4.34. The van der Waals surface area contributed by atoms with Crippen LogP contribution < -0.4 is 9.47 Å². The third kappa shape index (κ3) is 4.09. The van der Waals surface area contributed by atoms with Crippen molar-refractivity contribution in [3.8, 4) is 23.0 Å². The van der Waals surface area contributed by atoms with Gasteiger partial charge in [0.25, 0.3) is 5.89 Å². The van der Waals surface area contributed by atoms with Crippen molar-refractivity contribution in [2.45, 2.75) is 51.4 Å². The number of fused-ring (bicyclic) bond motifs is 1. The van der Waals surface area contributed by atoms with Gasteiger partial charge in [0, 0.05) is 25.0 Å². The van der Waals surface area contributed by atoms with Gasteiger partial charge in [-0.2, -0.15) is 4.98 Å². The highest BCUT2D eigenvalue weighted by Gasteiger charge is 2.59. The van der Waals surface area contributed by atoms with Crippen LogP contribution in [0.15, 0.2) is 22.4 Å². The van der Waals surface area contributed by atoms with Crippen LogP contribution in [-0.4, -0.2) is 58.5 Å². The largest absolute Gasteiger partial charge is 0.507 e. The molecule has 0 amide bonds. The average Bonchev–Trinajstić information content (AvgIpc) is 3.40. The molecule has 10 nitrogen and oxygen atoms in total. The van der Waals surface area contributed by atoms with Crippen LogP contribution in [0.4, 0.5) is 0 Å². The molecule has 1 aliphatic carbocycles. The molecule has 0 radical (unpaired) electrons. The van der Waals surface area contributed by atoms with E-state index in [0.29, 0.717) is 18.0 Å². The maximum absolute atomic E-state index is 13.7. The second-order valence-electron chi connectivity index (χ2n) is 8.87. The first-order valence-electron chi connectivity index (χ1n) is 11.5. The van der Waals surface area contributed by atoms with Crippen molar-refractivity contribution in [3.05, 3.63) is 34.3 Å². The second kappa shape index (κ2) is 9.25. The number of carbonyl (C=O) groups excluding carboxylic acids is 2. The van der Waals surface area contributed by atoms with E-state index in [4.69, 9.17) is 35.1 Å². The summed E-state index contributed by atoms with van der Waals surface area (Å²) in [5.41, 5.74) is -1.39. The molecule has 1 aromatic carbocycles. The summed E-state index contributed by atoms with van der Waals surface area (Å²) >= 11 is 6.65. The Morgan fingerprint density at radius 1 is 1.29 bits per heavy atom. The molecule has 1 unspecified atom stereocenters. The van der Waals surface area contributed by atoms with Crippen LogP contribution in [0.5, 0.6) is 11.5 Å². The van der Waals surface area contributed by atoms with E-state index in [-0.39, 0.29) is 59.7 Å². The summed E-state index contributed by atoms with van der Waals surface area (Å²) in [6, 6.07) is 1.53. The lowest BCUT2D eigenvalue weighted by Gasteiger charge is -2.34. The number of halogens is 1. The minimum absolute atomic E-state index is 0.0256. The monoisotopic (exact) mass is 504 g/mol. The van der Waals surface area contributed by atoms with Gasteiger partial charge in [-0.3, -0.25) is 9.59 Å². The van der Waals surface area contributed by atoms with E-state index >= 15 is 0 Å². The Bertz CT molecular complexity index is 1200. The number of aryl methyl sites for hydroxylation is 1. The number of benzene rings is 1. The number of ether oxygens (including phenoxy) is 4. The van der Waals surface area contributed by atoms with Crippen LogP contribution in [0.1, 0.15) is 48.8 Å². The fourth-order valence-corrected chi connectivity index (χ4v) is 4.94. The number of ketones is 2. The minimum atomic E-state index is -1.77. The molecule has 1 saturated heterocycles. The number of hydrogen-bond acceptors (Lipinski definition) is 10. The van der Waals surface area contributed by atoms with Gasteiger partial charge in [0.05, 0.1) is 17.2 Å². The van der Waals surface area contributed by atoms with E-state index in [2.05, 4.69) is 10.1 Å². The van der Waals surface area contributed by atoms with Crippen molar-refractivity contribution in [3.63, 3.8) is 0 Å². The van der Waals surface area contributed by atoms with Crippen LogP contribution in [0.2, 0.25) is 5.02 Å². The van der Waals surface area contributed by atoms with E-state index in [9.17, 15) is 14.7 Å². The normalized spacial score (nSPS) is 26.0. The lowest BCUT2D eigenvalue weighted by molar-refractivity contribution is -0.165. The molecule has 11 heteroatoms. The number of allylic oxidation sites excluding steroid dienone is 1. The third-order valence-corrected chi connectivity index (χ3v) is 6.81. The second-order valence-corrected chi connectivity index (χ2v) is 9.25. The maximum atomic E-state index is 13.7. The lowest BCUT2D eigenvalue weighted by atomic mass is 9.75. The van der Waals surface area contributed by atoms with Gasteiger partial charge in [-0.1, -0.05) is 23.7 Å². The number of rotatable bonds is 6. The fourth-order valence-electron chi connectivity index (χ4n) is 4.67. The summed E-state index contributed by atoms with van der Waals surface area (Å²) in [4.78, 5) is 29.9. The Labute approximate surface area is 206 Å². The molecule has 3 heterocycles. The molecule has 1 spiro atoms. The molecule has 186 valence electrons. The van der Waals surface area contributed by atoms with Crippen molar-refractivity contribution in [1.82, 2.24) is 10.1 Å². The quantitative estimate of drug-likeness (QED) is 0.576. The van der Waals surface area contributed by atoms with Gasteiger partial charge >= 0.3 is 0 Å². The molecular weight excluding hydrogens is 480 g/mol. The molecule has 2 aliphatic heterocycles. The zero-order chi connectivity index (χ0) is 24.7. The van der Waals surface area contributed by atoms with Crippen LogP contribution in [0.3, 0.4) is 0 Å². The van der Waals surface area contributed by atoms with Gasteiger partial charge in [-0.25, -0.2) is 0 Å². The smallest absolute Gasteiger partial charge is 0.259 e. The number of aliphatic hydroxyl groups is 1. The van der Waals surface area contributed by atoms with E-state index in [0.717, 1.165) is 25.3 Å². The Balaban J connectivity index is 1.50. The molecule has 0 saturated carbocycles. The summed E-state index contributed by atoms with van der Waals surface area (Å²) in [5, 5.41) is 14.6. The average molecular weight is 505 g/mol. The van der Waals surface area contributed by atoms with E-state index in [1.807, 2.05) is 0 Å². The van der Waals surface area contributed by atoms with Crippen molar-refractivity contribution in [2.75, 3.05) is 19.8 Å². The van der Waals surface area contributed by atoms with Gasteiger partial charge in [0.2, 0.25) is 11.4 Å². The van der Waals surface area contributed by atoms with Gasteiger partial charge < -0.3 is 28.6 Å². The molecule has 0 bridgehead atoms. The molecular formula is C24H25ClN2O8. The van der Waals surface area contributed by atoms with Crippen molar-refractivity contribution in [1.29, 1.82) is 0 Å². The number of aliphatic hydroxyl groups excluding tert-OH is 1. The first-order chi connectivity index (χ1) is 16.8. The molecule has 3 aliphatic rings. The highest BCUT2D eigenvalue weighted by atomic mass is 35.5. The van der Waals surface area contributed by atoms with Crippen LogP contribution in [0, 0.1) is 12.8 Å². The number of carbonyl (C=O) groups is 2. The van der Waals surface area contributed by atoms with Crippen molar-refractivity contribution >= 4 is 23.2 Å². The molecule has 1 aromatic heterocycles. The number of aromatic nitrogens is 2. The Hall–Kier alpha value is -2.95. The number of Topliss-reactive ketones (excluding diaryl/α,β-unsaturated/α-hetero) is 1. The molecule has 35 heavy (non-hydrogen) atoms. The predicted molar refractivity (Wildman–Crippen MR) is 122 cm³/mol.